The summed E-state index contributed by atoms with van der Waals surface area (Å²) in [6, 6.07) is 5.56. The molecule has 0 unspecified atom stereocenters. The van der Waals surface area contributed by atoms with Gasteiger partial charge in [0, 0.05) is 24.5 Å². The first-order chi connectivity index (χ1) is 12.0. The number of anilines is 1. The van der Waals surface area contributed by atoms with Gasteiger partial charge < -0.3 is 10.4 Å². The van der Waals surface area contributed by atoms with Gasteiger partial charge in [0.05, 0.1) is 11.9 Å². The number of halogens is 1. The third-order valence-electron chi connectivity index (χ3n) is 3.74. The second-order valence-electron chi connectivity index (χ2n) is 5.34. The van der Waals surface area contributed by atoms with Gasteiger partial charge in [-0.15, -0.1) is 3.89 Å². The van der Waals surface area contributed by atoms with Crippen molar-refractivity contribution in [2.45, 2.75) is 6.92 Å². The highest BCUT2D eigenvalue weighted by Gasteiger charge is 2.20. The number of aromatic carboxylic acids is 1. The van der Waals surface area contributed by atoms with E-state index in [1.54, 1.807) is 13.1 Å². The van der Waals surface area contributed by atoms with Crippen molar-refractivity contribution in [2.24, 2.45) is 0 Å². The number of carboxylic acids is 1. The van der Waals surface area contributed by atoms with Crippen LogP contribution in [0.25, 0.3) is 11.2 Å². The number of rotatable bonds is 5. The minimum atomic E-state index is -1.23. The van der Waals surface area contributed by atoms with Gasteiger partial charge in [0.1, 0.15) is 16.8 Å². The second kappa shape index (κ2) is 6.52. The molecular formula is C16H14FN5O2S. The second-order valence-corrected chi connectivity index (χ2v) is 5.88. The fraction of sp³-hybridized carbons (Fsp3) is 0.125. The zero-order valence-electron chi connectivity index (χ0n) is 13.4. The van der Waals surface area contributed by atoms with Crippen LogP contribution < -0.4 is 5.32 Å². The maximum Gasteiger partial charge on any atom is 0.339 e. The fourth-order valence-corrected chi connectivity index (χ4v) is 2.86. The number of fused-ring (bicyclic) bond motifs is 1. The van der Waals surface area contributed by atoms with E-state index in [-0.39, 0.29) is 40.5 Å². The lowest BCUT2D eigenvalue weighted by Gasteiger charge is -2.11. The SMILES string of the molecule is CNc1cc(C)ccc1C(=N)c1cnc2c(n1)c(C(=O)O)cn2SF. The number of benzene rings is 1. The normalized spacial score (nSPS) is 10.8. The molecule has 3 N–H and O–H groups in total. The highest BCUT2D eigenvalue weighted by atomic mass is 32.2. The molecule has 0 radical (unpaired) electrons. The van der Waals surface area contributed by atoms with Gasteiger partial charge in [-0.25, -0.2) is 18.7 Å². The Hall–Kier alpha value is -2.94. The molecule has 0 aliphatic rings. The molecule has 0 aliphatic carbocycles. The van der Waals surface area contributed by atoms with Gasteiger partial charge in [-0.05, 0) is 18.6 Å². The van der Waals surface area contributed by atoms with Gasteiger partial charge in [-0.2, -0.15) is 0 Å². The van der Waals surface area contributed by atoms with Crippen LogP contribution >= 0.6 is 12.3 Å². The Labute approximate surface area is 146 Å². The van der Waals surface area contributed by atoms with Gasteiger partial charge in [-0.3, -0.25) is 5.41 Å². The van der Waals surface area contributed by atoms with Gasteiger partial charge in [0.15, 0.2) is 18.0 Å². The molecule has 0 fully saturated rings. The minimum Gasteiger partial charge on any atom is -0.478 e. The number of aromatic nitrogens is 3. The van der Waals surface area contributed by atoms with Crippen LogP contribution in [0.4, 0.5) is 9.57 Å². The molecule has 3 aromatic rings. The lowest BCUT2D eigenvalue weighted by molar-refractivity contribution is 0.0699. The van der Waals surface area contributed by atoms with Crippen LogP contribution in [0.15, 0.2) is 30.6 Å². The number of nitrogens with one attached hydrogen (secondary N) is 2. The topological polar surface area (TPSA) is 104 Å². The molecule has 0 aliphatic heterocycles. The zero-order chi connectivity index (χ0) is 18.1. The summed E-state index contributed by atoms with van der Waals surface area (Å²) < 4.78 is 14.0. The Morgan fingerprint density at radius 2 is 2.16 bits per heavy atom. The van der Waals surface area contributed by atoms with Crippen molar-refractivity contribution in [3.05, 3.63) is 53.0 Å². The molecule has 0 bridgehead atoms. The molecule has 7 nitrogen and oxygen atoms in total. The average molecular weight is 359 g/mol. The van der Waals surface area contributed by atoms with E-state index in [0.29, 0.717) is 5.56 Å². The number of aryl methyl sites for hydroxylation is 1. The average Bonchev–Trinajstić information content (AvgIpc) is 2.99. The lowest BCUT2D eigenvalue weighted by atomic mass is 10.0. The lowest BCUT2D eigenvalue weighted by Crippen LogP contribution is -2.09. The number of nitrogens with zero attached hydrogens (tertiary/aromatic N) is 3. The van der Waals surface area contributed by atoms with Gasteiger partial charge in [0.2, 0.25) is 0 Å². The van der Waals surface area contributed by atoms with Crippen molar-refractivity contribution in [3.8, 4) is 0 Å². The minimum absolute atomic E-state index is 0.0398. The van der Waals surface area contributed by atoms with Crippen molar-refractivity contribution in [1.29, 1.82) is 5.41 Å². The van der Waals surface area contributed by atoms with E-state index < -0.39 is 5.97 Å². The smallest absolute Gasteiger partial charge is 0.339 e. The van der Waals surface area contributed by atoms with Gasteiger partial charge in [-0.1, -0.05) is 12.1 Å². The van der Waals surface area contributed by atoms with Crippen molar-refractivity contribution in [3.63, 3.8) is 0 Å². The molecule has 0 amide bonds. The molecule has 2 aromatic heterocycles. The van der Waals surface area contributed by atoms with Crippen LogP contribution in [0, 0.1) is 12.3 Å². The Morgan fingerprint density at radius 3 is 2.80 bits per heavy atom. The summed E-state index contributed by atoms with van der Waals surface area (Å²) in [5.74, 6) is -1.23. The van der Waals surface area contributed by atoms with Crippen LogP contribution in [0.5, 0.6) is 0 Å². The molecule has 0 saturated carbocycles. The van der Waals surface area contributed by atoms with E-state index in [0.717, 1.165) is 21.4 Å². The summed E-state index contributed by atoms with van der Waals surface area (Å²) in [4.78, 5) is 19.7. The quantitative estimate of drug-likeness (QED) is 0.604. The monoisotopic (exact) mass is 359 g/mol. The Morgan fingerprint density at radius 1 is 1.40 bits per heavy atom. The van der Waals surface area contributed by atoms with Crippen LogP contribution in [0.3, 0.4) is 0 Å². The first-order valence-corrected chi connectivity index (χ1v) is 7.91. The summed E-state index contributed by atoms with van der Waals surface area (Å²) in [6.45, 7) is 1.94. The molecule has 0 saturated heterocycles. The predicted molar refractivity (Wildman–Crippen MR) is 95.2 cm³/mol. The standard InChI is InChI=1S/C16H14FN5O2S/c1-8-3-4-9(11(5-8)19-2)13(18)12-6-20-15-14(21-12)10(16(23)24)7-22(15)25-17/h3-7,18-19H,1-2H3,(H,23,24). The molecular weight excluding hydrogens is 345 g/mol. The van der Waals surface area contributed by atoms with E-state index in [2.05, 4.69) is 15.3 Å². The first-order valence-electron chi connectivity index (χ1n) is 7.24. The maximum atomic E-state index is 13.0. The summed E-state index contributed by atoms with van der Waals surface area (Å²) in [5.41, 5.74) is 2.66. The van der Waals surface area contributed by atoms with Crippen LogP contribution in [-0.2, 0) is 0 Å². The molecule has 2 heterocycles. The third kappa shape index (κ3) is 2.93. The molecule has 1 aromatic carbocycles. The van der Waals surface area contributed by atoms with Crippen LogP contribution in [-0.4, -0.2) is 37.8 Å². The van der Waals surface area contributed by atoms with E-state index in [1.807, 2.05) is 19.1 Å². The fourth-order valence-electron chi connectivity index (χ4n) is 2.51. The molecule has 9 heteroatoms. The highest BCUT2D eigenvalue weighted by molar-refractivity contribution is 7.92. The summed E-state index contributed by atoms with van der Waals surface area (Å²) in [5, 5.41) is 20.7. The third-order valence-corrected chi connectivity index (χ3v) is 4.17. The molecule has 3 rings (SSSR count). The maximum absolute atomic E-state index is 13.0. The largest absolute Gasteiger partial charge is 0.478 e. The first kappa shape index (κ1) is 16.9. The predicted octanol–water partition coefficient (Wildman–Crippen LogP) is 3.28. The zero-order valence-corrected chi connectivity index (χ0v) is 14.2. The molecule has 0 atom stereocenters. The van der Waals surface area contributed by atoms with Crippen molar-refractivity contribution >= 4 is 40.9 Å². The number of hydrogen-bond acceptors (Lipinski definition) is 6. The number of carboxylic acid groups (broad SMARTS) is 1. The van der Waals surface area contributed by atoms with E-state index in [9.17, 15) is 13.8 Å². The Bertz CT molecular complexity index is 1000. The summed E-state index contributed by atoms with van der Waals surface area (Å²) >= 11 is -0.158. The van der Waals surface area contributed by atoms with Crippen LogP contribution in [0.2, 0.25) is 0 Å². The number of hydrogen-bond donors (Lipinski definition) is 3. The Kier molecular flexibility index (Phi) is 4.41. The van der Waals surface area contributed by atoms with Gasteiger partial charge in [0.25, 0.3) is 0 Å². The summed E-state index contributed by atoms with van der Waals surface area (Å²) in [7, 11) is 1.75. The van der Waals surface area contributed by atoms with Crippen molar-refractivity contribution in [2.75, 3.05) is 12.4 Å². The van der Waals surface area contributed by atoms with E-state index in [1.165, 1.54) is 6.20 Å². The molecule has 25 heavy (non-hydrogen) atoms. The Balaban J connectivity index is 2.15. The molecule has 128 valence electrons. The van der Waals surface area contributed by atoms with Crippen LogP contribution in [0.1, 0.15) is 27.2 Å². The number of carbonyl (C=O) groups is 1. The van der Waals surface area contributed by atoms with E-state index >= 15 is 0 Å². The summed E-state index contributed by atoms with van der Waals surface area (Å²) in [6.07, 6.45) is 2.46. The van der Waals surface area contributed by atoms with Crippen molar-refractivity contribution < 1.29 is 13.8 Å². The highest BCUT2D eigenvalue weighted by Crippen LogP contribution is 2.25. The van der Waals surface area contributed by atoms with Gasteiger partial charge >= 0.3 is 5.97 Å². The van der Waals surface area contributed by atoms with Crippen molar-refractivity contribution in [1.82, 2.24) is 13.9 Å². The molecule has 0 spiro atoms. The van der Waals surface area contributed by atoms with E-state index in [4.69, 9.17) is 5.41 Å².